The summed E-state index contributed by atoms with van der Waals surface area (Å²) < 4.78 is 1.00. The van der Waals surface area contributed by atoms with Crippen LogP contribution in [0.2, 0.25) is 0 Å². The molecule has 120 valence electrons. The Morgan fingerprint density at radius 3 is 2.59 bits per heavy atom. The highest BCUT2D eigenvalue weighted by molar-refractivity contribution is 9.10. The third kappa shape index (κ3) is 4.04. The molecule has 1 unspecified atom stereocenters. The lowest BCUT2D eigenvalue weighted by Crippen LogP contribution is -2.51. The molecule has 0 spiro atoms. The van der Waals surface area contributed by atoms with Crippen molar-refractivity contribution in [2.75, 3.05) is 6.54 Å². The van der Waals surface area contributed by atoms with Crippen molar-refractivity contribution in [2.24, 2.45) is 5.92 Å². The number of hydrogen-bond donors (Lipinski definition) is 1. The average Bonchev–Trinajstić information content (AvgIpc) is 2.48. The van der Waals surface area contributed by atoms with Crippen LogP contribution in [0, 0.1) is 5.92 Å². The van der Waals surface area contributed by atoms with Crippen LogP contribution in [0.1, 0.15) is 26.7 Å². The van der Waals surface area contributed by atoms with Gasteiger partial charge in [-0.1, -0.05) is 15.9 Å². The predicted octanol–water partition coefficient (Wildman–Crippen LogP) is 3.64. The van der Waals surface area contributed by atoms with Gasteiger partial charge in [-0.25, -0.2) is 0 Å². The van der Waals surface area contributed by atoms with Gasteiger partial charge < -0.3 is 10.0 Å². The highest BCUT2D eigenvalue weighted by Gasteiger charge is 2.36. The van der Waals surface area contributed by atoms with Gasteiger partial charge in [-0.2, -0.15) is 0 Å². The molecular weight excluding hydrogens is 366 g/mol. The topological polar surface area (TPSA) is 57.6 Å². The quantitative estimate of drug-likeness (QED) is 0.803. The molecule has 4 nitrogen and oxygen atoms in total. The molecular formula is C16H20BrNO3S. The van der Waals surface area contributed by atoms with E-state index in [0.29, 0.717) is 13.0 Å². The molecule has 2 rings (SSSR count). The monoisotopic (exact) mass is 385 g/mol. The molecule has 1 aromatic rings. The maximum Gasteiger partial charge on any atom is 0.308 e. The lowest BCUT2D eigenvalue weighted by atomic mass is 9.90. The molecule has 0 aromatic heterocycles. The number of thioether (sulfide) groups is 1. The summed E-state index contributed by atoms with van der Waals surface area (Å²) in [4.78, 5) is 26.7. The van der Waals surface area contributed by atoms with Gasteiger partial charge in [-0.3, -0.25) is 9.59 Å². The van der Waals surface area contributed by atoms with E-state index in [9.17, 15) is 14.7 Å². The molecule has 1 saturated heterocycles. The third-order valence-electron chi connectivity index (χ3n) is 4.06. The van der Waals surface area contributed by atoms with Crippen LogP contribution in [0.4, 0.5) is 0 Å². The van der Waals surface area contributed by atoms with Gasteiger partial charge in [0, 0.05) is 22.0 Å². The number of halogens is 1. The number of rotatable bonds is 4. The van der Waals surface area contributed by atoms with Gasteiger partial charge in [-0.15, -0.1) is 11.8 Å². The number of piperidine rings is 1. The molecule has 1 aromatic carbocycles. The Labute approximate surface area is 143 Å². The van der Waals surface area contributed by atoms with Gasteiger partial charge in [0.05, 0.1) is 11.2 Å². The molecule has 6 heteroatoms. The van der Waals surface area contributed by atoms with Crippen LogP contribution in [-0.2, 0) is 9.59 Å². The molecule has 3 atom stereocenters. The standard InChI is InChI=1S/C16H20BrNO3S/c1-10-14(16(20)21)4-3-9-18(10)15(19)11(2)22-13-7-5-12(17)6-8-13/h5-8,10-11,14H,3-4,9H2,1-2H3,(H,20,21)/t10-,11?,14-/m0/s1. The Hall–Kier alpha value is -1.01. The zero-order valence-corrected chi connectivity index (χ0v) is 15.1. The number of carbonyl (C=O) groups is 2. The minimum absolute atomic E-state index is 0.0198. The molecule has 1 aliphatic rings. The zero-order chi connectivity index (χ0) is 16.3. The molecule has 1 heterocycles. The Morgan fingerprint density at radius 2 is 2.00 bits per heavy atom. The summed E-state index contributed by atoms with van der Waals surface area (Å²) in [5.41, 5.74) is 0. The molecule has 1 N–H and O–H groups in total. The number of carboxylic acid groups (broad SMARTS) is 1. The second kappa shape index (κ2) is 7.51. The number of carboxylic acids is 1. The molecule has 1 amide bonds. The van der Waals surface area contributed by atoms with E-state index < -0.39 is 11.9 Å². The predicted molar refractivity (Wildman–Crippen MR) is 91.0 cm³/mol. The van der Waals surface area contributed by atoms with Crippen molar-refractivity contribution in [1.82, 2.24) is 4.90 Å². The van der Waals surface area contributed by atoms with Gasteiger partial charge in [0.25, 0.3) is 0 Å². The Morgan fingerprint density at radius 1 is 1.36 bits per heavy atom. The van der Waals surface area contributed by atoms with Gasteiger partial charge in [-0.05, 0) is 51.0 Å². The molecule has 0 aliphatic carbocycles. The van der Waals surface area contributed by atoms with Gasteiger partial charge >= 0.3 is 5.97 Å². The van der Waals surface area contributed by atoms with Gasteiger partial charge in [0.15, 0.2) is 0 Å². The minimum atomic E-state index is -0.807. The van der Waals surface area contributed by atoms with Gasteiger partial charge in [0.1, 0.15) is 0 Å². The SMILES string of the molecule is CC(Sc1ccc(Br)cc1)C(=O)N1CCC[C@H](C(=O)O)[C@@H]1C. The first kappa shape index (κ1) is 17.3. The summed E-state index contributed by atoms with van der Waals surface area (Å²) in [6, 6.07) is 7.59. The first-order valence-electron chi connectivity index (χ1n) is 7.35. The molecule has 1 aliphatic heterocycles. The van der Waals surface area contributed by atoms with Crippen molar-refractivity contribution in [3.63, 3.8) is 0 Å². The highest BCUT2D eigenvalue weighted by atomic mass is 79.9. The average molecular weight is 386 g/mol. The summed E-state index contributed by atoms with van der Waals surface area (Å²) in [5.74, 6) is -1.24. The van der Waals surface area contributed by atoms with E-state index in [1.165, 1.54) is 11.8 Å². The molecule has 1 fully saturated rings. The Balaban J connectivity index is 2.03. The summed E-state index contributed by atoms with van der Waals surface area (Å²) in [6.45, 7) is 4.37. The second-order valence-electron chi connectivity index (χ2n) is 5.57. The van der Waals surface area contributed by atoms with E-state index in [1.807, 2.05) is 38.1 Å². The number of benzene rings is 1. The number of amides is 1. The van der Waals surface area contributed by atoms with Crippen LogP contribution in [0.5, 0.6) is 0 Å². The minimum Gasteiger partial charge on any atom is -0.481 e. The Bertz CT molecular complexity index is 549. The summed E-state index contributed by atoms with van der Waals surface area (Å²) in [5, 5.41) is 9.03. The van der Waals surface area contributed by atoms with E-state index in [0.717, 1.165) is 15.8 Å². The fourth-order valence-electron chi connectivity index (χ4n) is 2.79. The molecule has 0 saturated carbocycles. The fraction of sp³-hybridized carbons (Fsp3) is 0.500. The summed E-state index contributed by atoms with van der Waals surface area (Å²) >= 11 is 4.90. The van der Waals surface area contributed by atoms with E-state index in [1.54, 1.807) is 4.90 Å². The Kier molecular flexibility index (Phi) is 5.92. The number of hydrogen-bond acceptors (Lipinski definition) is 3. The van der Waals surface area contributed by atoms with E-state index in [-0.39, 0.29) is 17.2 Å². The van der Waals surface area contributed by atoms with Crippen LogP contribution in [0.3, 0.4) is 0 Å². The van der Waals surface area contributed by atoms with Crippen molar-refractivity contribution >= 4 is 39.6 Å². The molecule has 0 bridgehead atoms. The van der Waals surface area contributed by atoms with Crippen LogP contribution in [0.15, 0.2) is 33.6 Å². The van der Waals surface area contributed by atoms with Crippen LogP contribution >= 0.6 is 27.7 Å². The summed E-state index contributed by atoms with van der Waals surface area (Å²) in [7, 11) is 0. The van der Waals surface area contributed by atoms with E-state index in [2.05, 4.69) is 15.9 Å². The maximum absolute atomic E-state index is 12.7. The smallest absolute Gasteiger partial charge is 0.308 e. The first-order chi connectivity index (χ1) is 10.4. The number of carbonyl (C=O) groups excluding carboxylic acids is 1. The van der Waals surface area contributed by atoms with E-state index in [4.69, 9.17) is 0 Å². The van der Waals surface area contributed by atoms with Crippen molar-refractivity contribution in [1.29, 1.82) is 0 Å². The fourth-order valence-corrected chi connectivity index (χ4v) is 3.99. The molecule has 0 radical (unpaired) electrons. The zero-order valence-electron chi connectivity index (χ0n) is 12.7. The van der Waals surface area contributed by atoms with Crippen molar-refractivity contribution < 1.29 is 14.7 Å². The highest BCUT2D eigenvalue weighted by Crippen LogP contribution is 2.29. The van der Waals surface area contributed by atoms with Crippen molar-refractivity contribution in [2.45, 2.75) is 42.9 Å². The first-order valence-corrected chi connectivity index (χ1v) is 9.03. The van der Waals surface area contributed by atoms with Crippen LogP contribution in [0.25, 0.3) is 0 Å². The maximum atomic E-state index is 12.7. The summed E-state index contributed by atoms with van der Waals surface area (Å²) in [6.07, 6.45) is 1.40. The number of aliphatic carboxylic acids is 1. The van der Waals surface area contributed by atoms with Crippen molar-refractivity contribution in [3.8, 4) is 0 Å². The lowest BCUT2D eigenvalue weighted by molar-refractivity contribution is -0.148. The van der Waals surface area contributed by atoms with Crippen molar-refractivity contribution in [3.05, 3.63) is 28.7 Å². The van der Waals surface area contributed by atoms with Crippen LogP contribution < -0.4 is 0 Å². The van der Waals surface area contributed by atoms with E-state index >= 15 is 0 Å². The normalized spacial score (nSPS) is 23.1. The second-order valence-corrected chi connectivity index (χ2v) is 7.90. The third-order valence-corrected chi connectivity index (χ3v) is 5.69. The number of likely N-dealkylation sites (tertiary alicyclic amines) is 1. The lowest BCUT2D eigenvalue weighted by Gasteiger charge is -2.38. The van der Waals surface area contributed by atoms with Gasteiger partial charge in [0.2, 0.25) is 5.91 Å². The van der Waals surface area contributed by atoms with Crippen LogP contribution in [-0.4, -0.2) is 39.7 Å². The largest absolute Gasteiger partial charge is 0.481 e. The number of nitrogens with zero attached hydrogens (tertiary/aromatic N) is 1. The molecule has 22 heavy (non-hydrogen) atoms.